The summed E-state index contributed by atoms with van der Waals surface area (Å²) in [6.45, 7) is 6.08. The smallest absolute Gasteiger partial charge is 0.251 e. The Morgan fingerprint density at radius 3 is 2.72 bits per heavy atom. The summed E-state index contributed by atoms with van der Waals surface area (Å²) in [5.41, 5.74) is 2.28. The second-order valence-electron chi connectivity index (χ2n) is 6.98. The van der Waals surface area contributed by atoms with Crippen LogP contribution in [0.25, 0.3) is 0 Å². The van der Waals surface area contributed by atoms with E-state index in [1.54, 1.807) is 25.3 Å². The van der Waals surface area contributed by atoms with Gasteiger partial charge in [0.25, 0.3) is 5.91 Å². The first kappa shape index (κ1) is 17.6. The molecular formula is C20H22ClNO3. The van der Waals surface area contributed by atoms with Crippen LogP contribution in [0.5, 0.6) is 11.5 Å². The van der Waals surface area contributed by atoms with Gasteiger partial charge in [0.2, 0.25) is 0 Å². The van der Waals surface area contributed by atoms with Gasteiger partial charge in [-0.25, -0.2) is 0 Å². The van der Waals surface area contributed by atoms with Crippen molar-refractivity contribution in [2.45, 2.75) is 38.8 Å². The van der Waals surface area contributed by atoms with Gasteiger partial charge in [0, 0.05) is 17.5 Å². The Hall–Kier alpha value is -2.20. The van der Waals surface area contributed by atoms with Crippen molar-refractivity contribution in [3.63, 3.8) is 0 Å². The lowest BCUT2D eigenvalue weighted by molar-refractivity contribution is 0.0619. The molecule has 1 aliphatic heterocycles. The summed E-state index contributed by atoms with van der Waals surface area (Å²) >= 11 is 6.14. The van der Waals surface area contributed by atoms with Crippen LogP contribution in [0.4, 0.5) is 0 Å². The summed E-state index contributed by atoms with van der Waals surface area (Å²) in [5.74, 6) is 1.21. The highest BCUT2D eigenvalue weighted by Gasteiger charge is 2.34. The minimum absolute atomic E-state index is 0.118. The van der Waals surface area contributed by atoms with Crippen molar-refractivity contribution in [1.29, 1.82) is 0 Å². The number of methoxy groups -OCH3 is 1. The molecule has 0 saturated heterocycles. The van der Waals surface area contributed by atoms with E-state index in [2.05, 4.69) is 5.32 Å². The van der Waals surface area contributed by atoms with Crippen LogP contribution >= 0.6 is 11.6 Å². The highest BCUT2D eigenvalue weighted by atomic mass is 35.5. The molecule has 25 heavy (non-hydrogen) atoms. The predicted molar refractivity (Wildman–Crippen MR) is 98.7 cm³/mol. The molecule has 2 aromatic carbocycles. The van der Waals surface area contributed by atoms with Crippen LogP contribution in [0.1, 0.15) is 47.8 Å². The number of benzene rings is 2. The molecule has 0 fully saturated rings. The normalized spacial score (nSPS) is 18.0. The number of ether oxygens (including phenoxy) is 2. The Morgan fingerprint density at radius 1 is 1.28 bits per heavy atom. The first-order valence-corrected chi connectivity index (χ1v) is 8.61. The van der Waals surface area contributed by atoms with Crippen molar-refractivity contribution < 1.29 is 14.3 Å². The first-order valence-electron chi connectivity index (χ1n) is 8.23. The second-order valence-corrected chi connectivity index (χ2v) is 7.39. The second kappa shape index (κ2) is 6.60. The Kier molecular flexibility index (Phi) is 4.65. The third kappa shape index (κ3) is 3.74. The zero-order valence-electron chi connectivity index (χ0n) is 14.9. The van der Waals surface area contributed by atoms with Crippen LogP contribution in [0.3, 0.4) is 0 Å². The van der Waals surface area contributed by atoms with Crippen LogP contribution < -0.4 is 14.8 Å². The fraction of sp³-hybridized carbons (Fsp3) is 0.350. The van der Waals surface area contributed by atoms with Gasteiger partial charge in [-0.3, -0.25) is 4.79 Å². The number of amides is 1. The van der Waals surface area contributed by atoms with Crippen molar-refractivity contribution in [1.82, 2.24) is 5.32 Å². The highest BCUT2D eigenvalue weighted by molar-refractivity contribution is 6.32. The lowest BCUT2D eigenvalue weighted by Gasteiger charge is -2.38. The molecule has 0 aliphatic carbocycles. The van der Waals surface area contributed by atoms with Gasteiger partial charge in [0.05, 0.1) is 18.2 Å². The van der Waals surface area contributed by atoms with Crippen molar-refractivity contribution in [3.05, 3.63) is 58.1 Å². The van der Waals surface area contributed by atoms with Gasteiger partial charge in [0.15, 0.2) is 0 Å². The van der Waals surface area contributed by atoms with E-state index in [1.165, 1.54) is 0 Å². The molecule has 0 saturated carbocycles. The predicted octanol–water partition coefficient (Wildman–Crippen LogP) is 4.69. The standard InChI is InChI=1S/C20H22ClNO3/c1-12-5-7-14-16(11-20(2,3)25-18(14)9-12)22-19(23)13-6-8-17(24-4)15(21)10-13/h5-10,16H,11H2,1-4H3,(H,22,23). The van der Waals surface area contributed by atoms with Crippen molar-refractivity contribution in [2.75, 3.05) is 7.11 Å². The van der Waals surface area contributed by atoms with Crippen molar-refractivity contribution in [2.24, 2.45) is 0 Å². The number of aryl methyl sites for hydroxylation is 1. The van der Waals surface area contributed by atoms with Crippen molar-refractivity contribution >= 4 is 17.5 Å². The largest absolute Gasteiger partial charge is 0.495 e. The number of hydrogen-bond donors (Lipinski definition) is 1. The average molecular weight is 360 g/mol. The van der Waals surface area contributed by atoms with Crippen LogP contribution in [0.15, 0.2) is 36.4 Å². The maximum Gasteiger partial charge on any atom is 0.251 e. The fourth-order valence-corrected chi connectivity index (χ4v) is 3.39. The Labute approximate surface area is 153 Å². The Balaban J connectivity index is 1.87. The van der Waals surface area contributed by atoms with E-state index in [-0.39, 0.29) is 17.6 Å². The number of carbonyl (C=O) groups is 1. The van der Waals surface area contributed by atoms with Gasteiger partial charge in [-0.15, -0.1) is 0 Å². The molecule has 1 heterocycles. The van der Waals surface area contributed by atoms with Crippen molar-refractivity contribution in [3.8, 4) is 11.5 Å². The molecule has 0 aromatic heterocycles. The molecule has 0 bridgehead atoms. The van der Waals surface area contributed by atoms with Crippen LogP contribution in [0, 0.1) is 6.92 Å². The van der Waals surface area contributed by atoms with E-state index in [4.69, 9.17) is 21.1 Å². The highest BCUT2D eigenvalue weighted by Crippen LogP contribution is 2.40. The van der Waals surface area contributed by atoms with E-state index in [0.29, 0.717) is 22.8 Å². The minimum Gasteiger partial charge on any atom is -0.495 e. The zero-order chi connectivity index (χ0) is 18.2. The summed E-state index contributed by atoms with van der Waals surface area (Å²) in [6, 6.07) is 11.0. The molecular weight excluding hydrogens is 338 g/mol. The van der Waals surface area contributed by atoms with E-state index in [0.717, 1.165) is 16.9 Å². The lowest BCUT2D eigenvalue weighted by atomic mass is 9.89. The minimum atomic E-state index is -0.351. The van der Waals surface area contributed by atoms with Gasteiger partial charge in [0.1, 0.15) is 17.1 Å². The van der Waals surface area contributed by atoms with E-state index in [1.807, 2.05) is 39.0 Å². The molecule has 1 unspecified atom stereocenters. The monoisotopic (exact) mass is 359 g/mol. The van der Waals surface area contributed by atoms with Gasteiger partial charge < -0.3 is 14.8 Å². The topological polar surface area (TPSA) is 47.6 Å². The number of halogens is 1. The number of nitrogens with one attached hydrogen (secondary N) is 1. The van der Waals surface area contributed by atoms with Gasteiger partial charge in [-0.05, 0) is 50.6 Å². The summed E-state index contributed by atoms with van der Waals surface area (Å²) in [4.78, 5) is 12.7. The SMILES string of the molecule is COc1ccc(C(=O)NC2CC(C)(C)Oc3cc(C)ccc32)cc1Cl. The molecule has 1 N–H and O–H groups in total. The van der Waals surface area contributed by atoms with E-state index >= 15 is 0 Å². The first-order chi connectivity index (χ1) is 11.8. The Bertz CT molecular complexity index is 817. The molecule has 4 nitrogen and oxygen atoms in total. The zero-order valence-corrected chi connectivity index (χ0v) is 15.6. The molecule has 3 rings (SSSR count). The number of fused-ring (bicyclic) bond motifs is 1. The van der Waals surface area contributed by atoms with E-state index < -0.39 is 0 Å². The molecule has 0 radical (unpaired) electrons. The quantitative estimate of drug-likeness (QED) is 0.864. The maximum atomic E-state index is 12.7. The number of carbonyl (C=O) groups excluding carboxylic acids is 1. The molecule has 5 heteroatoms. The summed E-state index contributed by atoms with van der Waals surface area (Å²) in [7, 11) is 1.55. The lowest BCUT2D eigenvalue weighted by Crippen LogP contribution is -2.41. The Morgan fingerprint density at radius 2 is 2.04 bits per heavy atom. The third-order valence-corrected chi connectivity index (χ3v) is 4.64. The van der Waals surface area contributed by atoms with Gasteiger partial charge in [-0.1, -0.05) is 23.7 Å². The van der Waals surface area contributed by atoms with Crippen LogP contribution in [0.2, 0.25) is 5.02 Å². The van der Waals surface area contributed by atoms with Gasteiger partial charge in [-0.2, -0.15) is 0 Å². The number of rotatable bonds is 3. The average Bonchev–Trinajstić information content (AvgIpc) is 2.53. The van der Waals surface area contributed by atoms with Crippen LogP contribution in [-0.4, -0.2) is 18.6 Å². The van der Waals surface area contributed by atoms with Gasteiger partial charge >= 0.3 is 0 Å². The summed E-state index contributed by atoms with van der Waals surface area (Å²) in [5, 5.41) is 3.53. The number of hydrogen-bond acceptors (Lipinski definition) is 3. The molecule has 1 amide bonds. The molecule has 132 valence electrons. The maximum absolute atomic E-state index is 12.7. The fourth-order valence-electron chi connectivity index (χ4n) is 3.14. The summed E-state index contributed by atoms with van der Waals surface area (Å²) in [6.07, 6.45) is 0.693. The molecule has 1 aliphatic rings. The summed E-state index contributed by atoms with van der Waals surface area (Å²) < 4.78 is 11.2. The molecule has 1 atom stereocenters. The molecule has 2 aromatic rings. The van der Waals surface area contributed by atoms with Crippen LogP contribution in [-0.2, 0) is 0 Å². The molecule has 0 spiro atoms. The third-order valence-electron chi connectivity index (χ3n) is 4.35. The van der Waals surface area contributed by atoms with E-state index in [9.17, 15) is 4.79 Å².